The number of anilines is 1. The quantitative estimate of drug-likeness (QED) is 0.389. The molecule has 0 saturated carbocycles. The van der Waals surface area contributed by atoms with Gasteiger partial charge in [-0.25, -0.2) is 4.79 Å². The molecule has 3 aromatic carbocycles. The minimum atomic E-state index is -4.52. The van der Waals surface area contributed by atoms with E-state index < -0.39 is 17.4 Å². The lowest BCUT2D eigenvalue weighted by Gasteiger charge is -2.11. The molecule has 0 aliphatic rings. The Morgan fingerprint density at radius 3 is 2.42 bits per heavy atom. The Kier molecular flexibility index (Phi) is 4.11. The van der Waals surface area contributed by atoms with Gasteiger partial charge in [-0.3, -0.25) is 9.55 Å². The van der Waals surface area contributed by atoms with E-state index in [1.807, 2.05) is 30.3 Å². The van der Waals surface area contributed by atoms with Crippen molar-refractivity contribution in [3.8, 4) is 16.8 Å². The van der Waals surface area contributed by atoms with Crippen LogP contribution < -0.4 is 11.4 Å². The molecule has 0 saturated heterocycles. The number of nitrogens with zero attached hydrogens (tertiary/aromatic N) is 2. The van der Waals surface area contributed by atoms with Gasteiger partial charge in [0.05, 0.1) is 34.0 Å². The Hall–Kier alpha value is -4.07. The molecule has 0 bridgehead atoms. The van der Waals surface area contributed by atoms with E-state index in [1.165, 1.54) is 22.9 Å². The molecule has 0 unspecified atom stereocenters. The highest BCUT2D eigenvalue weighted by Gasteiger charge is 2.30. The number of nitrogen functional groups attached to an aromatic ring is 1. The van der Waals surface area contributed by atoms with Crippen LogP contribution in [-0.4, -0.2) is 14.5 Å². The zero-order valence-electron chi connectivity index (χ0n) is 15.9. The summed E-state index contributed by atoms with van der Waals surface area (Å²) < 4.78 is 40.9. The van der Waals surface area contributed by atoms with Crippen molar-refractivity contribution in [2.24, 2.45) is 0 Å². The second-order valence-corrected chi connectivity index (χ2v) is 7.19. The number of imidazole rings is 1. The molecule has 8 heteroatoms. The number of pyridine rings is 1. The molecule has 154 valence electrons. The molecule has 5 nitrogen and oxygen atoms in total. The van der Waals surface area contributed by atoms with Crippen LogP contribution in [-0.2, 0) is 6.18 Å². The maximum atomic E-state index is 13.2. The van der Waals surface area contributed by atoms with Gasteiger partial charge in [-0.05, 0) is 53.6 Å². The molecule has 2 aromatic heterocycles. The predicted molar refractivity (Wildman–Crippen MR) is 114 cm³/mol. The summed E-state index contributed by atoms with van der Waals surface area (Å²) in [7, 11) is 0. The molecule has 3 N–H and O–H groups in total. The van der Waals surface area contributed by atoms with E-state index in [9.17, 15) is 18.0 Å². The lowest BCUT2D eigenvalue weighted by Crippen LogP contribution is -2.15. The topological polar surface area (TPSA) is 76.7 Å². The average molecular weight is 420 g/mol. The Morgan fingerprint density at radius 2 is 1.68 bits per heavy atom. The highest BCUT2D eigenvalue weighted by molar-refractivity contribution is 6.04. The van der Waals surface area contributed by atoms with Gasteiger partial charge in [0.15, 0.2) is 0 Å². The third-order valence-corrected chi connectivity index (χ3v) is 5.18. The van der Waals surface area contributed by atoms with Crippen molar-refractivity contribution in [2.75, 3.05) is 5.73 Å². The van der Waals surface area contributed by atoms with Crippen molar-refractivity contribution in [1.82, 2.24) is 14.5 Å². The number of hydrogen-bond donors (Lipinski definition) is 2. The molecule has 0 aliphatic heterocycles. The van der Waals surface area contributed by atoms with Crippen LogP contribution in [0.2, 0.25) is 0 Å². The van der Waals surface area contributed by atoms with E-state index in [4.69, 9.17) is 5.73 Å². The van der Waals surface area contributed by atoms with Gasteiger partial charge in [0, 0.05) is 11.1 Å². The zero-order valence-corrected chi connectivity index (χ0v) is 15.9. The van der Waals surface area contributed by atoms with Gasteiger partial charge in [0.2, 0.25) is 0 Å². The van der Waals surface area contributed by atoms with Crippen LogP contribution in [0, 0.1) is 0 Å². The fourth-order valence-electron chi connectivity index (χ4n) is 3.71. The first kappa shape index (κ1) is 18.9. The van der Waals surface area contributed by atoms with E-state index in [0.29, 0.717) is 27.6 Å². The number of hydrogen-bond acceptors (Lipinski definition) is 3. The Bertz CT molecular complexity index is 1500. The molecule has 5 aromatic rings. The molecule has 0 amide bonds. The largest absolute Gasteiger partial charge is 0.416 e. The number of aromatic nitrogens is 3. The van der Waals surface area contributed by atoms with Gasteiger partial charge in [0.1, 0.15) is 0 Å². The van der Waals surface area contributed by atoms with Crippen molar-refractivity contribution in [2.45, 2.75) is 6.18 Å². The van der Waals surface area contributed by atoms with E-state index in [-0.39, 0.29) is 5.69 Å². The summed E-state index contributed by atoms with van der Waals surface area (Å²) in [6.45, 7) is 0. The third-order valence-electron chi connectivity index (χ3n) is 5.18. The summed E-state index contributed by atoms with van der Waals surface area (Å²) in [5.41, 5.74) is 8.45. The van der Waals surface area contributed by atoms with Gasteiger partial charge < -0.3 is 10.7 Å². The fourth-order valence-corrected chi connectivity index (χ4v) is 3.71. The van der Waals surface area contributed by atoms with E-state index in [2.05, 4.69) is 9.97 Å². The number of fused-ring (bicyclic) bond motifs is 3. The van der Waals surface area contributed by atoms with Crippen LogP contribution in [0.4, 0.5) is 18.9 Å². The van der Waals surface area contributed by atoms with Gasteiger partial charge in [-0.1, -0.05) is 24.3 Å². The van der Waals surface area contributed by atoms with Crippen LogP contribution in [0.15, 0.2) is 77.7 Å². The SMILES string of the molecule is Nc1ccc(-c2ccc3ncc4[nH]c(=O)n(-c5cccc(C(F)(F)F)c5)c4c3c2)cc1. The summed E-state index contributed by atoms with van der Waals surface area (Å²) in [6, 6.07) is 17.6. The van der Waals surface area contributed by atoms with Crippen molar-refractivity contribution < 1.29 is 13.2 Å². The highest BCUT2D eigenvalue weighted by atomic mass is 19.4. The smallest absolute Gasteiger partial charge is 0.399 e. The molecule has 0 spiro atoms. The second kappa shape index (κ2) is 6.73. The van der Waals surface area contributed by atoms with Crippen molar-refractivity contribution in [3.05, 3.63) is 89.0 Å². The van der Waals surface area contributed by atoms with Crippen LogP contribution in [0.25, 0.3) is 38.8 Å². The third kappa shape index (κ3) is 3.22. The number of alkyl halides is 3. The van der Waals surface area contributed by atoms with Crippen LogP contribution in [0.5, 0.6) is 0 Å². The lowest BCUT2D eigenvalue weighted by molar-refractivity contribution is -0.137. The summed E-state index contributed by atoms with van der Waals surface area (Å²) in [5, 5.41) is 0.641. The van der Waals surface area contributed by atoms with Crippen molar-refractivity contribution in [3.63, 3.8) is 0 Å². The van der Waals surface area contributed by atoms with Crippen LogP contribution in [0.1, 0.15) is 5.56 Å². The first-order valence-corrected chi connectivity index (χ1v) is 9.38. The number of H-pyrrole nitrogens is 1. The first-order valence-electron chi connectivity index (χ1n) is 9.38. The predicted octanol–water partition coefficient (Wildman–Crippen LogP) is 5.14. The molecule has 0 aliphatic carbocycles. The van der Waals surface area contributed by atoms with Gasteiger partial charge in [0.25, 0.3) is 0 Å². The van der Waals surface area contributed by atoms with E-state index in [1.54, 1.807) is 12.1 Å². The Morgan fingerprint density at radius 1 is 0.935 bits per heavy atom. The average Bonchev–Trinajstić information content (AvgIpc) is 3.10. The first-order chi connectivity index (χ1) is 14.8. The zero-order chi connectivity index (χ0) is 21.8. The molecule has 0 fully saturated rings. The summed E-state index contributed by atoms with van der Waals surface area (Å²) in [4.78, 5) is 19.8. The van der Waals surface area contributed by atoms with Crippen molar-refractivity contribution >= 4 is 27.6 Å². The highest BCUT2D eigenvalue weighted by Crippen LogP contribution is 2.32. The van der Waals surface area contributed by atoms with Crippen LogP contribution >= 0.6 is 0 Å². The van der Waals surface area contributed by atoms with E-state index in [0.717, 1.165) is 23.3 Å². The number of nitrogens with two attached hydrogens (primary N) is 1. The van der Waals surface area contributed by atoms with Gasteiger partial charge in [-0.2, -0.15) is 13.2 Å². The number of benzene rings is 3. The number of rotatable bonds is 2. The Balaban J connectivity index is 1.80. The Labute approximate surface area is 173 Å². The molecule has 0 atom stereocenters. The minimum Gasteiger partial charge on any atom is -0.399 e. The number of halogens is 3. The maximum Gasteiger partial charge on any atom is 0.416 e. The van der Waals surface area contributed by atoms with Gasteiger partial charge in [-0.15, -0.1) is 0 Å². The fraction of sp³-hybridized carbons (Fsp3) is 0.0435. The lowest BCUT2D eigenvalue weighted by atomic mass is 10.0. The molecular formula is C23H15F3N4O. The molecular weight excluding hydrogens is 405 g/mol. The maximum absolute atomic E-state index is 13.2. The number of aromatic amines is 1. The van der Waals surface area contributed by atoms with Crippen LogP contribution in [0.3, 0.4) is 0 Å². The molecule has 31 heavy (non-hydrogen) atoms. The molecule has 2 heterocycles. The second-order valence-electron chi connectivity index (χ2n) is 7.19. The number of nitrogens with one attached hydrogen (secondary N) is 1. The van der Waals surface area contributed by atoms with Crippen molar-refractivity contribution in [1.29, 1.82) is 0 Å². The summed E-state index contributed by atoms with van der Waals surface area (Å²) in [5.74, 6) is 0. The monoisotopic (exact) mass is 420 g/mol. The minimum absolute atomic E-state index is 0.122. The summed E-state index contributed by atoms with van der Waals surface area (Å²) >= 11 is 0. The molecule has 5 rings (SSSR count). The normalized spacial score (nSPS) is 12.0. The molecule has 0 radical (unpaired) electrons. The van der Waals surface area contributed by atoms with Gasteiger partial charge >= 0.3 is 11.9 Å². The summed E-state index contributed by atoms with van der Waals surface area (Å²) in [6.07, 6.45) is -3.01. The standard InChI is InChI=1S/C23H15F3N4O/c24-23(25,26)15-2-1-3-17(11-15)30-21-18-10-14(13-4-7-16(27)8-5-13)6-9-19(18)28-12-20(21)29-22(30)31/h1-12H,27H2,(H,29,31). The van der Waals surface area contributed by atoms with E-state index >= 15 is 0 Å².